The summed E-state index contributed by atoms with van der Waals surface area (Å²) in [4.78, 5) is 11.9. The summed E-state index contributed by atoms with van der Waals surface area (Å²) >= 11 is 5.88. The van der Waals surface area contributed by atoms with Crippen LogP contribution in [-0.4, -0.2) is 20.0 Å². The first-order chi connectivity index (χ1) is 11.7. The van der Waals surface area contributed by atoms with Crippen LogP contribution >= 0.6 is 11.6 Å². The van der Waals surface area contributed by atoms with Crippen LogP contribution in [0, 0.1) is 0 Å². The molecular formula is C17H11ClN4O2. The Morgan fingerprint density at radius 2 is 1.83 bits per heavy atom. The monoisotopic (exact) mass is 338 g/mol. The molecule has 2 aromatic heterocycles. The van der Waals surface area contributed by atoms with Gasteiger partial charge in [-0.1, -0.05) is 23.7 Å². The second kappa shape index (κ2) is 5.90. The van der Waals surface area contributed by atoms with Gasteiger partial charge in [0, 0.05) is 16.0 Å². The molecule has 0 unspecified atom stereocenters. The summed E-state index contributed by atoms with van der Waals surface area (Å²) in [5.74, 6) is 0.813. The number of benzene rings is 2. The van der Waals surface area contributed by atoms with E-state index in [4.69, 9.17) is 16.0 Å². The lowest BCUT2D eigenvalue weighted by molar-refractivity contribution is 0.476. The van der Waals surface area contributed by atoms with Crippen LogP contribution in [0.1, 0.15) is 5.89 Å². The summed E-state index contributed by atoms with van der Waals surface area (Å²) in [6.07, 6.45) is 1.29. The molecule has 6 nitrogen and oxygen atoms in total. The Bertz CT molecular complexity index is 1070. The third-order valence-electron chi connectivity index (χ3n) is 3.61. The van der Waals surface area contributed by atoms with E-state index in [1.807, 2.05) is 30.3 Å². The first kappa shape index (κ1) is 14.6. The third-order valence-corrected chi connectivity index (χ3v) is 3.86. The minimum atomic E-state index is -0.116. The molecule has 2 heterocycles. The molecule has 0 atom stereocenters. The molecule has 0 aliphatic heterocycles. The fraction of sp³-hybridized carbons (Fsp3) is 0.0588. The summed E-state index contributed by atoms with van der Waals surface area (Å²) < 4.78 is 7.35. The van der Waals surface area contributed by atoms with Crippen molar-refractivity contribution in [3.8, 4) is 11.5 Å². The lowest BCUT2D eigenvalue weighted by atomic mass is 10.2. The van der Waals surface area contributed by atoms with Crippen LogP contribution < -0.4 is 5.43 Å². The normalized spacial score (nSPS) is 11.0. The molecule has 7 heteroatoms. The van der Waals surface area contributed by atoms with E-state index in [-0.39, 0.29) is 12.0 Å². The summed E-state index contributed by atoms with van der Waals surface area (Å²) in [5, 5.41) is 13.5. The van der Waals surface area contributed by atoms with E-state index >= 15 is 0 Å². The molecule has 0 saturated heterocycles. The highest BCUT2D eigenvalue weighted by molar-refractivity contribution is 6.30. The molecule has 118 valence electrons. The maximum absolute atomic E-state index is 11.9. The predicted molar refractivity (Wildman–Crippen MR) is 89.8 cm³/mol. The van der Waals surface area contributed by atoms with Gasteiger partial charge in [-0.05, 0) is 36.4 Å². The fourth-order valence-corrected chi connectivity index (χ4v) is 2.57. The maximum Gasteiger partial charge on any atom is 0.247 e. The second-order valence-electron chi connectivity index (χ2n) is 5.19. The highest BCUT2D eigenvalue weighted by Crippen LogP contribution is 2.20. The first-order valence-electron chi connectivity index (χ1n) is 7.24. The van der Waals surface area contributed by atoms with Gasteiger partial charge in [-0.3, -0.25) is 9.48 Å². The Morgan fingerprint density at radius 1 is 1.04 bits per heavy atom. The van der Waals surface area contributed by atoms with Gasteiger partial charge in [-0.2, -0.15) is 5.10 Å². The summed E-state index contributed by atoms with van der Waals surface area (Å²) in [6, 6.07) is 14.4. The van der Waals surface area contributed by atoms with Crippen LogP contribution in [0.4, 0.5) is 0 Å². The topological polar surface area (TPSA) is 73.8 Å². The Hall–Kier alpha value is -2.99. The molecular weight excluding hydrogens is 328 g/mol. The summed E-state index contributed by atoms with van der Waals surface area (Å²) in [7, 11) is 0. The molecule has 24 heavy (non-hydrogen) atoms. The minimum absolute atomic E-state index is 0.116. The van der Waals surface area contributed by atoms with Crippen molar-refractivity contribution in [3.63, 3.8) is 0 Å². The highest BCUT2D eigenvalue weighted by Gasteiger charge is 2.11. The molecule has 4 aromatic rings. The number of para-hydroxylation sites is 1. The summed E-state index contributed by atoms with van der Waals surface area (Å²) in [5.41, 5.74) is 1.39. The number of aromatic nitrogens is 4. The molecule has 0 saturated carbocycles. The zero-order valence-electron chi connectivity index (χ0n) is 12.4. The quantitative estimate of drug-likeness (QED) is 0.573. The van der Waals surface area contributed by atoms with Crippen LogP contribution in [0.3, 0.4) is 0 Å². The molecule has 0 aliphatic carbocycles. The molecule has 0 spiro atoms. The smallest absolute Gasteiger partial charge is 0.247 e. The average Bonchev–Trinajstić information content (AvgIpc) is 3.07. The predicted octanol–water partition coefficient (Wildman–Crippen LogP) is 3.15. The van der Waals surface area contributed by atoms with E-state index in [9.17, 15) is 4.79 Å². The fourth-order valence-electron chi connectivity index (χ4n) is 2.44. The largest absolute Gasteiger partial charge is 0.419 e. The Kier molecular flexibility index (Phi) is 3.59. The Balaban J connectivity index is 1.69. The Morgan fingerprint density at radius 3 is 2.67 bits per heavy atom. The van der Waals surface area contributed by atoms with Gasteiger partial charge in [0.15, 0.2) is 0 Å². The summed E-state index contributed by atoms with van der Waals surface area (Å²) in [6.45, 7) is 0.279. The molecule has 0 N–H and O–H groups in total. The molecule has 0 amide bonds. The third kappa shape index (κ3) is 2.68. The molecule has 0 radical (unpaired) electrons. The van der Waals surface area contributed by atoms with Crippen LogP contribution in [0.5, 0.6) is 0 Å². The van der Waals surface area contributed by atoms with Crippen molar-refractivity contribution in [2.24, 2.45) is 0 Å². The zero-order chi connectivity index (χ0) is 16.5. The number of nitrogens with zero attached hydrogens (tertiary/aromatic N) is 4. The SMILES string of the molecule is O=c1cnn(Cc2nnc(-c3ccc(Cl)cc3)o2)c2ccccc12. The maximum atomic E-state index is 11.9. The number of rotatable bonds is 3. The number of halogens is 1. The zero-order valence-corrected chi connectivity index (χ0v) is 13.1. The van der Waals surface area contributed by atoms with E-state index in [1.54, 1.807) is 22.9 Å². The van der Waals surface area contributed by atoms with Crippen molar-refractivity contribution in [1.82, 2.24) is 20.0 Å². The van der Waals surface area contributed by atoms with Gasteiger partial charge >= 0.3 is 0 Å². The van der Waals surface area contributed by atoms with Crippen molar-refractivity contribution in [3.05, 3.63) is 75.9 Å². The van der Waals surface area contributed by atoms with Crippen molar-refractivity contribution in [1.29, 1.82) is 0 Å². The molecule has 4 rings (SSSR count). The van der Waals surface area contributed by atoms with Gasteiger partial charge < -0.3 is 4.42 Å². The van der Waals surface area contributed by atoms with E-state index in [1.165, 1.54) is 6.20 Å². The van der Waals surface area contributed by atoms with Crippen molar-refractivity contribution in [2.45, 2.75) is 6.54 Å². The van der Waals surface area contributed by atoms with Crippen LogP contribution in [-0.2, 0) is 6.54 Å². The van der Waals surface area contributed by atoms with Crippen molar-refractivity contribution in [2.75, 3.05) is 0 Å². The van der Waals surface area contributed by atoms with E-state index in [2.05, 4.69) is 15.3 Å². The standard InChI is InChI=1S/C17H11ClN4O2/c18-12-7-5-11(6-8-12)17-21-20-16(24-17)10-22-14-4-2-1-3-13(14)15(23)9-19-22/h1-9H,10H2. The van der Waals surface area contributed by atoms with Crippen LogP contribution in [0.2, 0.25) is 5.02 Å². The van der Waals surface area contributed by atoms with Crippen molar-refractivity contribution >= 4 is 22.5 Å². The number of fused-ring (bicyclic) bond motifs is 1. The Labute approximate surface area is 141 Å². The molecule has 2 aromatic carbocycles. The van der Waals surface area contributed by atoms with Gasteiger partial charge in [0.1, 0.15) is 6.54 Å². The van der Waals surface area contributed by atoms with Crippen molar-refractivity contribution < 1.29 is 4.42 Å². The lowest BCUT2D eigenvalue weighted by Gasteiger charge is -2.06. The van der Waals surface area contributed by atoms with E-state index < -0.39 is 0 Å². The van der Waals surface area contributed by atoms with Crippen LogP contribution in [0.25, 0.3) is 22.4 Å². The van der Waals surface area contributed by atoms with Gasteiger partial charge in [-0.15, -0.1) is 10.2 Å². The molecule has 0 aliphatic rings. The van der Waals surface area contributed by atoms with Gasteiger partial charge in [0.05, 0.1) is 11.7 Å². The molecule has 0 bridgehead atoms. The highest BCUT2D eigenvalue weighted by atomic mass is 35.5. The minimum Gasteiger partial charge on any atom is -0.419 e. The second-order valence-corrected chi connectivity index (χ2v) is 5.63. The number of hydrogen-bond donors (Lipinski definition) is 0. The van der Waals surface area contributed by atoms with E-state index in [0.29, 0.717) is 22.2 Å². The number of hydrogen-bond acceptors (Lipinski definition) is 5. The average molecular weight is 339 g/mol. The lowest BCUT2D eigenvalue weighted by Crippen LogP contribution is -2.13. The molecule has 0 fully saturated rings. The van der Waals surface area contributed by atoms with Gasteiger partial charge in [0.25, 0.3) is 0 Å². The van der Waals surface area contributed by atoms with Gasteiger partial charge in [0.2, 0.25) is 17.2 Å². The van der Waals surface area contributed by atoms with Crippen LogP contribution in [0.15, 0.2) is 63.9 Å². The first-order valence-corrected chi connectivity index (χ1v) is 7.62. The van der Waals surface area contributed by atoms with E-state index in [0.717, 1.165) is 11.1 Å². The van der Waals surface area contributed by atoms with Gasteiger partial charge in [-0.25, -0.2) is 0 Å².